The molecule has 0 amide bonds. The highest BCUT2D eigenvalue weighted by Gasteiger charge is 2.21. The molecule has 5 nitrogen and oxygen atoms in total. The molecule has 26 heavy (non-hydrogen) atoms. The normalized spacial score (nSPS) is 14.1. The van der Waals surface area contributed by atoms with Crippen LogP contribution in [-0.2, 0) is 0 Å². The quantitative estimate of drug-likeness (QED) is 0.797. The predicted molar refractivity (Wildman–Crippen MR) is 111 cm³/mol. The van der Waals surface area contributed by atoms with Crippen LogP contribution in [-0.4, -0.2) is 50.4 Å². The number of nitrogens with zero attached hydrogens (tertiary/aromatic N) is 2. The Balaban J connectivity index is 1.63. The van der Waals surface area contributed by atoms with E-state index in [1.54, 1.807) is 20.3 Å². The van der Waals surface area contributed by atoms with Crippen molar-refractivity contribution in [3.05, 3.63) is 47.5 Å². The molecular formula is C19H22ClN3O2S. The number of rotatable bonds is 4. The number of hydrogen-bond acceptors (Lipinski definition) is 4. The average Bonchev–Trinajstić information content (AvgIpc) is 2.68. The van der Waals surface area contributed by atoms with Crippen molar-refractivity contribution in [1.29, 1.82) is 0 Å². The Kier molecular flexibility index (Phi) is 6.06. The van der Waals surface area contributed by atoms with Crippen LogP contribution in [0, 0.1) is 0 Å². The Labute approximate surface area is 164 Å². The van der Waals surface area contributed by atoms with E-state index in [1.165, 1.54) is 0 Å². The van der Waals surface area contributed by atoms with E-state index < -0.39 is 0 Å². The molecular weight excluding hydrogens is 370 g/mol. The van der Waals surface area contributed by atoms with Gasteiger partial charge in [0.25, 0.3) is 0 Å². The van der Waals surface area contributed by atoms with Crippen LogP contribution in [0.15, 0.2) is 42.5 Å². The van der Waals surface area contributed by atoms with Gasteiger partial charge in [-0.1, -0.05) is 23.7 Å². The first-order valence-electron chi connectivity index (χ1n) is 8.40. The van der Waals surface area contributed by atoms with Crippen LogP contribution in [0.5, 0.6) is 11.5 Å². The fraction of sp³-hybridized carbons (Fsp3) is 0.316. The summed E-state index contributed by atoms with van der Waals surface area (Å²) in [5.74, 6) is 1.61. The summed E-state index contributed by atoms with van der Waals surface area (Å²) in [5.41, 5.74) is 1.89. The zero-order valence-electron chi connectivity index (χ0n) is 14.9. The van der Waals surface area contributed by atoms with E-state index in [2.05, 4.69) is 21.2 Å². The molecule has 3 rings (SSSR count). The molecule has 2 aromatic carbocycles. The Morgan fingerprint density at radius 2 is 1.69 bits per heavy atom. The van der Waals surface area contributed by atoms with E-state index in [-0.39, 0.29) is 0 Å². The average molecular weight is 392 g/mol. The van der Waals surface area contributed by atoms with Gasteiger partial charge in [0.2, 0.25) is 0 Å². The summed E-state index contributed by atoms with van der Waals surface area (Å²) >= 11 is 11.7. The number of anilines is 2. The van der Waals surface area contributed by atoms with Gasteiger partial charge in [0.1, 0.15) is 11.5 Å². The second-order valence-electron chi connectivity index (χ2n) is 5.92. The molecule has 0 atom stereocenters. The van der Waals surface area contributed by atoms with Gasteiger partial charge >= 0.3 is 0 Å². The zero-order chi connectivity index (χ0) is 18.5. The molecule has 1 aliphatic rings. The molecule has 0 radical (unpaired) electrons. The smallest absolute Gasteiger partial charge is 0.173 e. The second-order valence-corrected chi connectivity index (χ2v) is 6.74. The number of halogens is 1. The first-order chi connectivity index (χ1) is 12.6. The molecule has 0 aromatic heterocycles. The number of hydrogen-bond donors (Lipinski definition) is 1. The van der Waals surface area contributed by atoms with E-state index in [0.29, 0.717) is 15.9 Å². The summed E-state index contributed by atoms with van der Waals surface area (Å²) in [5, 5.41) is 4.56. The largest absolute Gasteiger partial charge is 0.495 e. The van der Waals surface area contributed by atoms with Gasteiger partial charge in [0, 0.05) is 31.2 Å². The fourth-order valence-electron chi connectivity index (χ4n) is 3.01. The number of para-hydroxylation sites is 2. The highest BCUT2D eigenvalue weighted by atomic mass is 35.5. The number of methoxy groups -OCH3 is 2. The van der Waals surface area contributed by atoms with E-state index in [1.807, 2.05) is 30.3 Å². The van der Waals surface area contributed by atoms with Crippen LogP contribution in [0.2, 0.25) is 5.02 Å². The lowest BCUT2D eigenvalue weighted by Gasteiger charge is -2.37. The van der Waals surface area contributed by atoms with Crippen LogP contribution in [0.1, 0.15) is 0 Å². The Bertz CT molecular complexity index is 779. The van der Waals surface area contributed by atoms with Crippen LogP contribution in [0.4, 0.5) is 11.4 Å². The van der Waals surface area contributed by atoms with Crippen molar-refractivity contribution < 1.29 is 9.47 Å². The molecule has 138 valence electrons. The van der Waals surface area contributed by atoms with Gasteiger partial charge < -0.3 is 24.6 Å². The maximum absolute atomic E-state index is 6.09. The van der Waals surface area contributed by atoms with E-state index >= 15 is 0 Å². The molecule has 0 unspecified atom stereocenters. The number of benzene rings is 2. The minimum atomic E-state index is 0.636. The minimum Gasteiger partial charge on any atom is -0.495 e. The molecule has 1 N–H and O–H groups in total. The van der Waals surface area contributed by atoms with Crippen LogP contribution < -0.4 is 19.7 Å². The molecule has 0 bridgehead atoms. The van der Waals surface area contributed by atoms with Crippen molar-refractivity contribution in [3.63, 3.8) is 0 Å². The number of ether oxygens (including phenoxy) is 2. The van der Waals surface area contributed by atoms with Gasteiger partial charge in [-0.25, -0.2) is 0 Å². The van der Waals surface area contributed by atoms with E-state index in [4.69, 9.17) is 33.3 Å². The molecule has 1 aliphatic heterocycles. The van der Waals surface area contributed by atoms with Crippen LogP contribution in [0.3, 0.4) is 0 Å². The van der Waals surface area contributed by atoms with Crippen molar-refractivity contribution in [3.8, 4) is 11.5 Å². The van der Waals surface area contributed by atoms with Gasteiger partial charge in [0.15, 0.2) is 5.11 Å². The van der Waals surface area contributed by atoms with E-state index in [0.717, 1.165) is 43.3 Å². The van der Waals surface area contributed by atoms with Gasteiger partial charge in [-0.3, -0.25) is 0 Å². The molecule has 1 saturated heterocycles. The Morgan fingerprint density at radius 3 is 2.38 bits per heavy atom. The molecule has 1 heterocycles. The SMILES string of the molecule is COc1ccc(Cl)cc1NC(=S)N1CCN(c2ccccc2OC)CC1. The monoisotopic (exact) mass is 391 g/mol. The third kappa shape index (κ3) is 4.14. The number of nitrogens with one attached hydrogen (secondary N) is 1. The summed E-state index contributed by atoms with van der Waals surface area (Å²) < 4.78 is 10.8. The van der Waals surface area contributed by atoms with Crippen molar-refractivity contribution in [1.82, 2.24) is 4.90 Å². The first kappa shape index (κ1) is 18.6. The topological polar surface area (TPSA) is 37.0 Å². The zero-order valence-corrected chi connectivity index (χ0v) is 16.4. The molecule has 7 heteroatoms. The van der Waals surface area contributed by atoms with Crippen molar-refractivity contribution in [2.45, 2.75) is 0 Å². The molecule has 0 saturated carbocycles. The molecule has 2 aromatic rings. The second kappa shape index (κ2) is 8.47. The van der Waals surface area contributed by atoms with Gasteiger partial charge in [0.05, 0.1) is 25.6 Å². The highest BCUT2D eigenvalue weighted by Crippen LogP contribution is 2.30. The van der Waals surface area contributed by atoms with Crippen molar-refractivity contribution >= 4 is 40.3 Å². The summed E-state index contributed by atoms with van der Waals surface area (Å²) in [6.45, 7) is 3.39. The predicted octanol–water partition coefficient (Wildman–Crippen LogP) is 3.88. The first-order valence-corrected chi connectivity index (χ1v) is 9.18. The third-order valence-electron chi connectivity index (χ3n) is 4.40. The number of thiocarbonyl (C=S) groups is 1. The lowest BCUT2D eigenvalue weighted by Crippen LogP contribution is -2.50. The van der Waals surface area contributed by atoms with Gasteiger partial charge in [-0.15, -0.1) is 0 Å². The Hall–Kier alpha value is -2.18. The number of piperazine rings is 1. The van der Waals surface area contributed by atoms with Crippen molar-refractivity contribution in [2.24, 2.45) is 0 Å². The third-order valence-corrected chi connectivity index (χ3v) is 4.99. The van der Waals surface area contributed by atoms with Crippen LogP contribution in [0.25, 0.3) is 0 Å². The standard InChI is InChI=1S/C19H22ClN3O2S/c1-24-17-8-7-14(20)13-15(17)21-19(26)23-11-9-22(10-12-23)16-5-3-4-6-18(16)25-2/h3-8,13H,9-12H2,1-2H3,(H,21,26). The summed E-state index contributed by atoms with van der Waals surface area (Å²) in [6.07, 6.45) is 0. The highest BCUT2D eigenvalue weighted by molar-refractivity contribution is 7.80. The summed E-state index contributed by atoms with van der Waals surface area (Å²) in [6, 6.07) is 13.5. The summed E-state index contributed by atoms with van der Waals surface area (Å²) in [7, 11) is 3.33. The Morgan fingerprint density at radius 1 is 1.00 bits per heavy atom. The lowest BCUT2D eigenvalue weighted by atomic mass is 10.2. The maximum atomic E-state index is 6.09. The fourth-order valence-corrected chi connectivity index (χ4v) is 3.48. The van der Waals surface area contributed by atoms with E-state index in [9.17, 15) is 0 Å². The lowest BCUT2D eigenvalue weighted by molar-refractivity contribution is 0.381. The minimum absolute atomic E-state index is 0.636. The molecule has 0 aliphatic carbocycles. The summed E-state index contributed by atoms with van der Waals surface area (Å²) in [4.78, 5) is 4.47. The van der Waals surface area contributed by atoms with Crippen molar-refractivity contribution in [2.75, 3.05) is 50.6 Å². The molecule has 1 fully saturated rings. The molecule has 0 spiro atoms. The van der Waals surface area contributed by atoms with Crippen LogP contribution >= 0.6 is 23.8 Å². The van der Waals surface area contributed by atoms with Gasteiger partial charge in [-0.2, -0.15) is 0 Å². The van der Waals surface area contributed by atoms with Gasteiger partial charge in [-0.05, 0) is 42.5 Å². The maximum Gasteiger partial charge on any atom is 0.173 e.